The quantitative estimate of drug-likeness (QED) is 0.755. The molecule has 1 rings (SSSR count). The molecule has 0 bridgehead atoms. The van der Waals surface area contributed by atoms with Crippen molar-refractivity contribution < 1.29 is 9.90 Å². The maximum Gasteiger partial charge on any atom is 0.307 e. The molecule has 0 saturated heterocycles. The molecule has 0 spiro atoms. The molecule has 0 aliphatic heterocycles. The first-order valence-corrected chi connectivity index (χ1v) is 4.63. The Bertz CT molecular complexity index is 321. The Kier molecular flexibility index (Phi) is 3.65. The predicted octanol–water partition coefficient (Wildman–Crippen LogP) is 1.20. The van der Waals surface area contributed by atoms with Crippen LogP contribution < -0.4 is 5.73 Å². The molecule has 1 aromatic rings. The van der Waals surface area contributed by atoms with Crippen molar-refractivity contribution in [2.24, 2.45) is 5.73 Å². The molecule has 3 nitrogen and oxygen atoms in total. The van der Waals surface area contributed by atoms with Crippen molar-refractivity contribution in [2.45, 2.75) is 25.8 Å². The van der Waals surface area contributed by atoms with Crippen LogP contribution in [0.3, 0.4) is 0 Å². The van der Waals surface area contributed by atoms with Crippen molar-refractivity contribution in [1.82, 2.24) is 0 Å². The number of carbonyl (C=O) groups is 1. The molecule has 0 heterocycles. The summed E-state index contributed by atoms with van der Waals surface area (Å²) < 4.78 is 0. The molecule has 0 aromatic heterocycles. The zero-order valence-electron chi connectivity index (χ0n) is 8.23. The largest absolute Gasteiger partial charge is 0.481 e. The number of carboxylic acid groups (broad SMARTS) is 1. The van der Waals surface area contributed by atoms with Crippen LogP contribution in [0.25, 0.3) is 0 Å². The molecular weight excluding hydrogens is 178 g/mol. The van der Waals surface area contributed by atoms with Crippen LogP contribution in [-0.4, -0.2) is 17.1 Å². The van der Waals surface area contributed by atoms with Crippen molar-refractivity contribution in [1.29, 1.82) is 0 Å². The lowest BCUT2D eigenvalue weighted by atomic mass is 9.99. The van der Waals surface area contributed by atoms with E-state index in [-0.39, 0.29) is 12.5 Å². The fourth-order valence-electron chi connectivity index (χ4n) is 1.44. The van der Waals surface area contributed by atoms with Gasteiger partial charge in [0.15, 0.2) is 0 Å². The molecule has 1 aromatic carbocycles. The standard InChI is InChI=1S/C11H15NO2/c1-8(12)6-9-4-2-3-5-10(9)7-11(13)14/h2-5,8H,6-7,12H2,1H3,(H,13,14). The van der Waals surface area contributed by atoms with Gasteiger partial charge in [-0.3, -0.25) is 4.79 Å². The first-order valence-electron chi connectivity index (χ1n) is 4.63. The van der Waals surface area contributed by atoms with Crippen molar-refractivity contribution in [3.63, 3.8) is 0 Å². The first-order chi connectivity index (χ1) is 6.59. The Morgan fingerprint density at radius 2 is 2.00 bits per heavy atom. The van der Waals surface area contributed by atoms with Crippen LogP contribution in [0.5, 0.6) is 0 Å². The lowest BCUT2D eigenvalue weighted by molar-refractivity contribution is -0.136. The van der Waals surface area contributed by atoms with E-state index in [0.717, 1.165) is 17.5 Å². The van der Waals surface area contributed by atoms with E-state index in [4.69, 9.17) is 10.8 Å². The van der Waals surface area contributed by atoms with Gasteiger partial charge in [0, 0.05) is 6.04 Å². The third-order valence-corrected chi connectivity index (χ3v) is 2.00. The summed E-state index contributed by atoms with van der Waals surface area (Å²) in [6.45, 7) is 1.91. The Morgan fingerprint density at radius 1 is 1.43 bits per heavy atom. The Morgan fingerprint density at radius 3 is 2.50 bits per heavy atom. The minimum Gasteiger partial charge on any atom is -0.481 e. The summed E-state index contributed by atoms with van der Waals surface area (Å²) in [5.74, 6) is -0.804. The van der Waals surface area contributed by atoms with Crippen LogP contribution in [0.15, 0.2) is 24.3 Å². The Hall–Kier alpha value is -1.35. The predicted molar refractivity (Wildman–Crippen MR) is 55.1 cm³/mol. The summed E-state index contributed by atoms with van der Waals surface area (Å²) in [6, 6.07) is 7.59. The fraction of sp³-hybridized carbons (Fsp3) is 0.364. The topological polar surface area (TPSA) is 63.3 Å². The number of hydrogen-bond donors (Lipinski definition) is 2. The van der Waals surface area contributed by atoms with Crippen LogP contribution in [0.2, 0.25) is 0 Å². The Labute approximate surface area is 83.6 Å². The summed E-state index contributed by atoms with van der Waals surface area (Å²) >= 11 is 0. The summed E-state index contributed by atoms with van der Waals surface area (Å²) in [5.41, 5.74) is 7.57. The van der Waals surface area contributed by atoms with Gasteiger partial charge in [-0.2, -0.15) is 0 Å². The lowest BCUT2D eigenvalue weighted by Crippen LogP contribution is -2.19. The average molecular weight is 193 g/mol. The zero-order valence-corrected chi connectivity index (χ0v) is 8.23. The van der Waals surface area contributed by atoms with Gasteiger partial charge < -0.3 is 10.8 Å². The van der Waals surface area contributed by atoms with Crippen molar-refractivity contribution in [3.05, 3.63) is 35.4 Å². The molecule has 0 radical (unpaired) electrons. The summed E-state index contributed by atoms with van der Waals surface area (Å²) in [5, 5.41) is 8.69. The monoisotopic (exact) mass is 193 g/mol. The molecular formula is C11H15NO2. The highest BCUT2D eigenvalue weighted by Gasteiger charge is 2.07. The van der Waals surface area contributed by atoms with E-state index in [1.165, 1.54) is 0 Å². The second-order valence-corrected chi connectivity index (χ2v) is 3.52. The molecule has 1 unspecified atom stereocenters. The van der Waals surface area contributed by atoms with Crippen LogP contribution >= 0.6 is 0 Å². The van der Waals surface area contributed by atoms with Crippen LogP contribution in [0, 0.1) is 0 Å². The van der Waals surface area contributed by atoms with Gasteiger partial charge in [-0.05, 0) is 24.5 Å². The molecule has 3 N–H and O–H groups in total. The minimum atomic E-state index is -0.804. The van der Waals surface area contributed by atoms with Gasteiger partial charge in [0.1, 0.15) is 0 Å². The summed E-state index contributed by atoms with van der Waals surface area (Å²) in [4.78, 5) is 10.6. The molecule has 0 aliphatic rings. The molecule has 0 fully saturated rings. The second-order valence-electron chi connectivity index (χ2n) is 3.52. The second kappa shape index (κ2) is 4.77. The molecule has 0 aliphatic carbocycles. The van der Waals surface area contributed by atoms with Gasteiger partial charge in [0.2, 0.25) is 0 Å². The van der Waals surface area contributed by atoms with E-state index in [2.05, 4.69) is 0 Å². The van der Waals surface area contributed by atoms with E-state index in [9.17, 15) is 4.79 Å². The molecule has 0 saturated carbocycles. The molecule has 0 amide bonds. The highest BCUT2D eigenvalue weighted by Crippen LogP contribution is 2.11. The fourth-order valence-corrected chi connectivity index (χ4v) is 1.44. The zero-order chi connectivity index (χ0) is 10.6. The van der Waals surface area contributed by atoms with Crippen molar-refractivity contribution in [3.8, 4) is 0 Å². The van der Waals surface area contributed by atoms with Gasteiger partial charge in [-0.25, -0.2) is 0 Å². The van der Waals surface area contributed by atoms with Crippen LogP contribution in [0.1, 0.15) is 18.1 Å². The smallest absolute Gasteiger partial charge is 0.307 e. The highest BCUT2D eigenvalue weighted by molar-refractivity contribution is 5.70. The number of rotatable bonds is 4. The van der Waals surface area contributed by atoms with Gasteiger partial charge in [0.25, 0.3) is 0 Å². The van der Waals surface area contributed by atoms with Gasteiger partial charge in [-0.15, -0.1) is 0 Å². The third-order valence-electron chi connectivity index (χ3n) is 2.00. The number of nitrogens with two attached hydrogens (primary N) is 1. The molecule has 1 atom stereocenters. The Balaban J connectivity index is 2.85. The summed E-state index contributed by atoms with van der Waals surface area (Å²) in [6.07, 6.45) is 0.798. The van der Waals surface area contributed by atoms with E-state index in [1.54, 1.807) is 0 Å². The van der Waals surface area contributed by atoms with E-state index < -0.39 is 5.97 Å². The average Bonchev–Trinajstić information content (AvgIpc) is 2.06. The number of benzene rings is 1. The van der Waals surface area contributed by atoms with E-state index in [0.29, 0.717) is 0 Å². The van der Waals surface area contributed by atoms with Gasteiger partial charge in [0.05, 0.1) is 6.42 Å². The van der Waals surface area contributed by atoms with Gasteiger partial charge >= 0.3 is 5.97 Å². The number of hydrogen-bond acceptors (Lipinski definition) is 2. The van der Waals surface area contributed by atoms with E-state index in [1.807, 2.05) is 31.2 Å². The lowest BCUT2D eigenvalue weighted by Gasteiger charge is -2.09. The van der Waals surface area contributed by atoms with Crippen LogP contribution in [-0.2, 0) is 17.6 Å². The van der Waals surface area contributed by atoms with Crippen LogP contribution in [0.4, 0.5) is 0 Å². The van der Waals surface area contributed by atoms with Crippen molar-refractivity contribution >= 4 is 5.97 Å². The normalized spacial score (nSPS) is 12.4. The van der Waals surface area contributed by atoms with Gasteiger partial charge in [-0.1, -0.05) is 24.3 Å². The molecule has 76 valence electrons. The first kappa shape index (κ1) is 10.7. The third kappa shape index (κ3) is 3.18. The number of carboxylic acids is 1. The SMILES string of the molecule is CC(N)Cc1ccccc1CC(=O)O. The molecule has 3 heteroatoms. The van der Waals surface area contributed by atoms with E-state index >= 15 is 0 Å². The van der Waals surface area contributed by atoms with Crippen molar-refractivity contribution in [2.75, 3.05) is 0 Å². The maximum absolute atomic E-state index is 10.6. The minimum absolute atomic E-state index is 0.0601. The summed E-state index contributed by atoms with van der Waals surface area (Å²) in [7, 11) is 0. The maximum atomic E-state index is 10.6. The molecule has 14 heavy (non-hydrogen) atoms. The number of aliphatic carboxylic acids is 1. The highest BCUT2D eigenvalue weighted by atomic mass is 16.4.